The van der Waals surface area contributed by atoms with E-state index in [0.29, 0.717) is 11.5 Å². The first-order valence-corrected chi connectivity index (χ1v) is 10.1. The molecule has 0 fully saturated rings. The van der Waals surface area contributed by atoms with Gasteiger partial charge in [0.1, 0.15) is 11.5 Å². The molecule has 0 atom stereocenters. The number of aromatic nitrogens is 2. The maximum absolute atomic E-state index is 12.3. The second-order valence-electron chi connectivity index (χ2n) is 6.27. The van der Waals surface area contributed by atoms with Crippen molar-refractivity contribution in [1.29, 1.82) is 0 Å². The fourth-order valence-electron chi connectivity index (χ4n) is 2.47. The number of hydrogen-bond donors (Lipinski definition) is 1. The molecule has 0 saturated heterocycles. The molecule has 1 aromatic heterocycles. The average molecular weight is 385 g/mol. The molecular formula is C19H19N3O4S. The summed E-state index contributed by atoms with van der Waals surface area (Å²) in [5.74, 6) is -1.50. The monoisotopic (exact) mass is 385 g/mol. The van der Waals surface area contributed by atoms with Crippen LogP contribution < -0.4 is 5.32 Å². The molecule has 8 heteroatoms. The Balaban J connectivity index is 1.65. The topological polar surface area (TPSA) is 102 Å². The van der Waals surface area contributed by atoms with E-state index in [-0.39, 0.29) is 5.89 Å². The van der Waals surface area contributed by atoms with Gasteiger partial charge in [0, 0.05) is 11.3 Å². The van der Waals surface area contributed by atoms with Crippen LogP contribution in [-0.2, 0) is 20.4 Å². The lowest BCUT2D eigenvalue weighted by molar-refractivity contribution is -0.113. The van der Waals surface area contributed by atoms with E-state index in [1.54, 1.807) is 12.1 Å². The highest BCUT2D eigenvalue weighted by Gasteiger charge is 2.22. The molecule has 0 aliphatic carbocycles. The van der Waals surface area contributed by atoms with Crippen LogP contribution in [0.4, 0.5) is 5.69 Å². The highest BCUT2D eigenvalue weighted by molar-refractivity contribution is 7.91. The van der Waals surface area contributed by atoms with Gasteiger partial charge in [-0.25, -0.2) is 8.42 Å². The molecule has 0 bridgehead atoms. The third-order valence-electron chi connectivity index (χ3n) is 3.89. The normalized spacial score (nSPS) is 11.3. The second kappa shape index (κ2) is 7.71. The van der Waals surface area contributed by atoms with Crippen molar-refractivity contribution in [2.75, 3.05) is 11.1 Å². The first-order valence-electron chi connectivity index (χ1n) is 8.28. The summed E-state index contributed by atoms with van der Waals surface area (Å²) in [6.07, 6.45) is 0. The molecule has 0 aliphatic heterocycles. The molecule has 0 saturated carbocycles. The summed E-state index contributed by atoms with van der Waals surface area (Å²) in [6, 6.07) is 14.6. The van der Waals surface area contributed by atoms with Gasteiger partial charge in [-0.05, 0) is 25.5 Å². The van der Waals surface area contributed by atoms with E-state index in [9.17, 15) is 13.2 Å². The van der Waals surface area contributed by atoms with Crippen LogP contribution in [0, 0.1) is 13.8 Å². The van der Waals surface area contributed by atoms with Crippen molar-refractivity contribution >= 4 is 21.4 Å². The Kier molecular flexibility index (Phi) is 5.36. The van der Waals surface area contributed by atoms with Gasteiger partial charge in [0.2, 0.25) is 17.6 Å². The SMILES string of the molecule is Cc1ccc(-c2noc(CS(=O)(=O)CC(=O)Nc3ccccc3C)n2)cc1. The van der Waals surface area contributed by atoms with Crippen molar-refractivity contribution in [1.82, 2.24) is 10.1 Å². The van der Waals surface area contributed by atoms with E-state index in [2.05, 4.69) is 15.5 Å². The van der Waals surface area contributed by atoms with Crippen molar-refractivity contribution in [2.45, 2.75) is 19.6 Å². The Labute approximate surface area is 157 Å². The van der Waals surface area contributed by atoms with Crippen molar-refractivity contribution < 1.29 is 17.7 Å². The number of amides is 1. The standard InChI is InChI=1S/C19H19N3O4S/c1-13-7-9-15(10-8-13)19-21-18(26-22-19)12-27(24,25)11-17(23)20-16-6-4-3-5-14(16)2/h3-10H,11-12H2,1-2H3,(H,20,23). The number of rotatable bonds is 6. The smallest absolute Gasteiger partial charge is 0.242 e. The van der Waals surface area contributed by atoms with Crippen LogP contribution >= 0.6 is 0 Å². The Hall–Kier alpha value is -3.00. The van der Waals surface area contributed by atoms with Crippen LogP contribution in [0.3, 0.4) is 0 Å². The summed E-state index contributed by atoms with van der Waals surface area (Å²) in [4.78, 5) is 16.2. The molecule has 3 rings (SSSR count). The van der Waals surface area contributed by atoms with Crippen molar-refractivity contribution in [2.24, 2.45) is 0 Å². The number of para-hydroxylation sites is 1. The minimum atomic E-state index is -3.75. The van der Waals surface area contributed by atoms with E-state index >= 15 is 0 Å². The van der Waals surface area contributed by atoms with Crippen LogP contribution in [0.15, 0.2) is 53.1 Å². The molecule has 0 unspecified atom stereocenters. The fraction of sp³-hybridized carbons (Fsp3) is 0.211. The van der Waals surface area contributed by atoms with Gasteiger partial charge in [0.25, 0.3) is 0 Å². The molecule has 7 nitrogen and oxygen atoms in total. The summed E-state index contributed by atoms with van der Waals surface area (Å²) in [5.41, 5.74) is 3.25. The average Bonchev–Trinajstić information content (AvgIpc) is 3.04. The van der Waals surface area contributed by atoms with Gasteiger partial charge in [0.05, 0.1) is 0 Å². The molecule has 0 spiro atoms. The maximum Gasteiger partial charge on any atom is 0.242 e. The number of carbonyl (C=O) groups excluding carboxylic acids is 1. The lowest BCUT2D eigenvalue weighted by Gasteiger charge is -2.07. The number of carbonyl (C=O) groups is 1. The zero-order valence-corrected chi connectivity index (χ0v) is 15.8. The number of aryl methyl sites for hydroxylation is 2. The van der Waals surface area contributed by atoms with Crippen molar-refractivity contribution in [3.8, 4) is 11.4 Å². The zero-order chi connectivity index (χ0) is 19.4. The van der Waals surface area contributed by atoms with Crippen LogP contribution in [0.2, 0.25) is 0 Å². The van der Waals surface area contributed by atoms with Crippen molar-refractivity contribution in [3.05, 3.63) is 65.5 Å². The summed E-state index contributed by atoms with van der Waals surface area (Å²) >= 11 is 0. The Bertz CT molecular complexity index is 1060. The molecule has 140 valence electrons. The number of anilines is 1. The highest BCUT2D eigenvalue weighted by Crippen LogP contribution is 2.18. The number of nitrogens with one attached hydrogen (secondary N) is 1. The molecular weight excluding hydrogens is 366 g/mol. The summed E-state index contributed by atoms with van der Waals surface area (Å²) in [6.45, 7) is 3.79. The van der Waals surface area contributed by atoms with E-state index in [1.165, 1.54) is 0 Å². The molecule has 3 aromatic rings. The Morgan fingerprint density at radius 1 is 1.07 bits per heavy atom. The number of benzene rings is 2. The first-order chi connectivity index (χ1) is 12.8. The number of hydrogen-bond acceptors (Lipinski definition) is 6. The largest absolute Gasteiger partial charge is 0.338 e. The summed E-state index contributed by atoms with van der Waals surface area (Å²) < 4.78 is 29.6. The summed E-state index contributed by atoms with van der Waals surface area (Å²) in [5, 5.41) is 6.41. The lowest BCUT2D eigenvalue weighted by atomic mass is 10.1. The number of nitrogens with zero attached hydrogens (tertiary/aromatic N) is 2. The Morgan fingerprint density at radius 3 is 2.48 bits per heavy atom. The van der Waals surface area contributed by atoms with Gasteiger partial charge in [-0.3, -0.25) is 4.79 Å². The number of sulfone groups is 1. The van der Waals surface area contributed by atoms with Crippen LogP contribution in [0.25, 0.3) is 11.4 Å². The third-order valence-corrected chi connectivity index (χ3v) is 5.28. The first kappa shape index (κ1) is 18.8. The lowest BCUT2D eigenvalue weighted by Crippen LogP contribution is -2.24. The van der Waals surface area contributed by atoms with E-state index in [0.717, 1.165) is 16.7 Å². The minimum absolute atomic E-state index is 0.0470. The molecule has 0 radical (unpaired) electrons. The van der Waals surface area contributed by atoms with Crippen LogP contribution in [-0.4, -0.2) is 30.2 Å². The molecule has 1 amide bonds. The highest BCUT2D eigenvalue weighted by atomic mass is 32.2. The third kappa shape index (κ3) is 5.01. The van der Waals surface area contributed by atoms with Gasteiger partial charge in [-0.15, -0.1) is 0 Å². The van der Waals surface area contributed by atoms with E-state index in [4.69, 9.17) is 4.52 Å². The van der Waals surface area contributed by atoms with Gasteiger partial charge in [0.15, 0.2) is 9.84 Å². The quantitative estimate of drug-likeness (QED) is 0.700. The molecule has 0 aliphatic rings. The van der Waals surface area contributed by atoms with Gasteiger partial charge in [-0.2, -0.15) is 4.98 Å². The minimum Gasteiger partial charge on any atom is -0.338 e. The van der Waals surface area contributed by atoms with Gasteiger partial charge in [-0.1, -0.05) is 53.2 Å². The second-order valence-corrected chi connectivity index (χ2v) is 8.34. The van der Waals surface area contributed by atoms with Crippen LogP contribution in [0.1, 0.15) is 17.0 Å². The maximum atomic E-state index is 12.3. The van der Waals surface area contributed by atoms with E-state index < -0.39 is 27.3 Å². The Morgan fingerprint density at radius 2 is 1.78 bits per heavy atom. The van der Waals surface area contributed by atoms with Gasteiger partial charge >= 0.3 is 0 Å². The molecule has 1 N–H and O–H groups in total. The predicted molar refractivity (Wildman–Crippen MR) is 102 cm³/mol. The fourth-order valence-corrected chi connectivity index (χ4v) is 3.54. The molecule has 2 aromatic carbocycles. The van der Waals surface area contributed by atoms with Gasteiger partial charge < -0.3 is 9.84 Å². The van der Waals surface area contributed by atoms with Crippen LogP contribution in [0.5, 0.6) is 0 Å². The summed E-state index contributed by atoms with van der Waals surface area (Å²) in [7, 11) is -3.75. The van der Waals surface area contributed by atoms with E-state index in [1.807, 2.05) is 50.2 Å². The molecule has 1 heterocycles. The predicted octanol–water partition coefficient (Wildman–Crippen LogP) is 2.91. The molecule has 27 heavy (non-hydrogen) atoms. The zero-order valence-electron chi connectivity index (χ0n) is 15.0. The van der Waals surface area contributed by atoms with Crippen molar-refractivity contribution in [3.63, 3.8) is 0 Å².